The number of methoxy groups -OCH3 is 1. The molecule has 0 amide bonds. The fraction of sp³-hybridized carbons (Fsp3) is 0.500. The van der Waals surface area contributed by atoms with Crippen LogP contribution in [0.4, 0.5) is 5.69 Å². The van der Waals surface area contributed by atoms with Crippen molar-refractivity contribution in [1.29, 1.82) is 0 Å². The number of sulfonamides is 1. The molecule has 1 aromatic carbocycles. The predicted molar refractivity (Wildman–Crippen MR) is 77.5 cm³/mol. The summed E-state index contributed by atoms with van der Waals surface area (Å²) >= 11 is 5.98. The van der Waals surface area contributed by atoms with Crippen molar-refractivity contribution in [3.8, 4) is 0 Å². The minimum Gasteiger partial charge on any atom is -0.392 e. The molecule has 0 saturated carbocycles. The Morgan fingerprint density at radius 2 is 2.05 bits per heavy atom. The van der Waals surface area contributed by atoms with Crippen LogP contribution in [0.3, 0.4) is 0 Å². The van der Waals surface area contributed by atoms with E-state index in [4.69, 9.17) is 26.2 Å². The standard InChI is InChI=1S/C12H18ClNO5S/c1-18-5-6-19-7-8-20(16,17)14-11-4-2-3-10(9-15)12(11)13/h2-4,14-15H,5-9H2,1H3. The summed E-state index contributed by atoms with van der Waals surface area (Å²) in [6.07, 6.45) is 0. The van der Waals surface area contributed by atoms with E-state index < -0.39 is 10.0 Å². The summed E-state index contributed by atoms with van der Waals surface area (Å²) in [5.41, 5.74) is 0.707. The van der Waals surface area contributed by atoms with Crippen LogP contribution in [-0.2, 0) is 26.1 Å². The average Bonchev–Trinajstić information content (AvgIpc) is 2.40. The smallest absolute Gasteiger partial charge is 0.235 e. The lowest BCUT2D eigenvalue weighted by Crippen LogP contribution is -2.21. The fourth-order valence-electron chi connectivity index (χ4n) is 1.41. The van der Waals surface area contributed by atoms with Gasteiger partial charge in [0, 0.05) is 7.11 Å². The van der Waals surface area contributed by atoms with Gasteiger partial charge < -0.3 is 14.6 Å². The Hall–Kier alpha value is -0.860. The molecule has 0 heterocycles. The molecule has 0 aliphatic heterocycles. The molecule has 0 saturated heterocycles. The van der Waals surface area contributed by atoms with Crippen molar-refractivity contribution < 1.29 is 23.0 Å². The van der Waals surface area contributed by atoms with Gasteiger partial charge in [0.2, 0.25) is 10.0 Å². The number of halogens is 1. The summed E-state index contributed by atoms with van der Waals surface area (Å²) in [6.45, 7) is 0.565. The van der Waals surface area contributed by atoms with Gasteiger partial charge in [0.05, 0.1) is 42.9 Å². The molecule has 0 unspecified atom stereocenters. The Balaban J connectivity index is 2.58. The van der Waals surface area contributed by atoms with Crippen LogP contribution in [0.25, 0.3) is 0 Å². The number of ether oxygens (including phenoxy) is 2. The normalized spacial score (nSPS) is 11.6. The summed E-state index contributed by atoms with van der Waals surface area (Å²) < 4.78 is 35.9. The number of anilines is 1. The van der Waals surface area contributed by atoms with Gasteiger partial charge in [-0.3, -0.25) is 4.72 Å². The van der Waals surface area contributed by atoms with Crippen LogP contribution in [-0.4, -0.2) is 46.2 Å². The predicted octanol–water partition coefficient (Wildman–Crippen LogP) is 1.24. The third kappa shape index (κ3) is 5.64. The number of nitrogens with one attached hydrogen (secondary N) is 1. The van der Waals surface area contributed by atoms with Crippen LogP contribution < -0.4 is 4.72 Å². The highest BCUT2D eigenvalue weighted by atomic mass is 35.5. The van der Waals surface area contributed by atoms with Gasteiger partial charge in [-0.1, -0.05) is 23.7 Å². The number of aliphatic hydroxyl groups excluding tert-OH is 1. The van der Waals surface area contributed by atoms with Gasteiger partial charge in [-0.25, -0.2) is 8.42 Å². The minimum absolute atomic E-state index is 0.0655. The Bertz CT molecular complexity index is 521. The molecule has 0 aromatic heterocycles. The zero-order chi connectivity index (χ0) is 15.0. The van der Waals surface area contributed by atoms with E-state index in [9.17, 15) is 8.42 Å². The first-order valence-electron chi connectivity index (χ1n) is 5.95. The molecule has 0 atom stereocenters. The van der Waals surface area contributed by atoms with Crippen molar-refractivity contribution >= 4 is 27.3 Å². The maximum absolute atomic E-state index is 11.8. The highest BCUT2D eigenvalue weighted by molar-refractivity contribution is 7.92. The number of benzene rings is 1. The third-order valence-corrected chi connectivity index (χ3v) is 4.12. The number of rotatable bonds is 9. The van der Waals surface area contributed by atoms with Gasteiger partial charge in [-0.15, -0.1) is 0 Å². The molecular weight excluding hydrogens is 306 g/mol. The van der Waals surface area contributed by atoms with Gasteiger partial charge in [-0.05, 0) is 11.6 Å². The summed E-state index contributed by atoms with van der Waals surface area (Å²) in [6, 6.07) is 4.77. The van der Waals surface area contributed by atoms with Gasteiger partial charge in [0.15, 0.2) is 0 Å². The SMILES string of the molecule is COCCOCCS(=O)(=O)Nc1cccc(CO)c1Cl. The molecule has 6 nitrogen and oxygen atoms in total. The zero-order valence-electron chi connectivity index (χ0n) is 11.1. The summed E-state index contributed by atoms with van der Waals surface area (Å²) in [4.78, 5) is 0. The summed E-state index contributed by atoms with van der Waals surface area (Å²) in [7, 11) is -2.01. The van der Waals surface area contributed by atoms with Crippen molar-refractivity contribution in [3.05, 3.63) is 28.8 Å². The van der Waals surface area contributed by atoms with Crippen LogP contribution in [0.2, 0.25) is 5.02 Å². The molecular formula is C12H18ClNO5S. The highest BCUT2D eigenvalue weighted by Gasteiger charge is 2.14. The lowest BCUT2D eigenvalue weighted by atomic mass is 10.2. The van der Waals surface area contributed by atoms with Gasteiger partial charge >= 0.3 is 0 Å². The van der Waals surface area contributed by atoms with Crippen molar-refractivity contribution in [2.45, 2.75) is 6.61 Å². The van der Waals surface area contributed by atoms with E-state index in [0.29, 0.717) is 18.8 Å². The molecule has 8 heteroatoms. The van der Waals surface area contributed by atoms with Crippen LogP contribution in [0.5, 0.6) is 0 Å². The van der Waals surface area contributed by atoms with Crippen molar-refractivity contribution in [2.75, 3.05) is 37.4 Å². The van der Waals surface area contributed by atoms with E-state index in [2.05, 4.69) is 4.72 Å². The minimum atomic E-state index is -3.55. The van der Waals surface area contributed by atoms with Crippen LogP contribution in [0, 0.1) is 0 Å². The quantitative estimate of drug-likeness (QED) is 0.668. The van der Waals surface area contributed by atoms with Gasteiger partial charge in [0.25, 0.3) is 0 Å². The Morgan fingerprint density at radius 1 is 1.30 bits per heavy atom. The second-order valence-electron chi connectivity index (χ2n) is 3.96. The fourth-order valence-corrected chi connectivity index (χ4v) is 2.65. The summed E-state index contributed by atoms with van der Waals surface area (Å²) in [5.74, 6) is -0.184. The van der Waals surface area contributed by atoms with Crippen LogP contribution >= 0.6 is 11.6 Å². The van der Waals surface area contributed by atoms with Crippen LogP contribution in [0.15, 0.2) is 18.2 Å². The van der Waals surface area contributed by atoms with Crippen molar-refractivity contribution in [1.82, 2.24) is 0 Å². The largest absolute Gasteiger partial charge is 0.392 e. The molecule has 0 aliphatic rings. The van der Waals surface area contributed by atoms with E-state index in [1.54, 1.807) is 12.1 Å². The third-order valence-electron chi connectivity index (χ3n) is 2.44. The molecule has 0 bridgehead atoms. The van der Waals surface area contributed by atoms with Gasteiger partial charge in [0.1, 0.15) is 0 Å². The van der Waals surface area contributed by atoms with E-state index in [0.717, 1.165) is 0 Å². The zero-order valence-corrected chi connectivity index (χ0v) is 12.7. The van der Waals surface area contributed by atoms with E-state index >= 15 is 0 Å². The first-order chi connectivity index (χ1) is 9.50. The molecule has 2 N–H and O–H groups in total. The summed E-state index contributed by atoms with van der Waals surface area (Å²) in [5, 5.41) is 9.26. The molecule has 1 rings (SSSR count). The molecule has 114 valence electrons. The van der Waals surface area contributed by atoms with Crippen LogP contribution in [0.1, 0.15) is 5.56 Å². The number of hydrogen-bond acceptors (Lipinski definition) is 5. The first-order valence-corrected chi connectivity index (χ1v) is 7.98. The van der Waals surface area contributed by atoms with E-state index in [-0.39, 0.29) is 29.7 Å². The van der Waals surface area contributed by atoms with Crippen molar-refractivity contribution in [2.24, 2.45) is 0 Å². The monoisotopic (exact) mass is 323 g/mol. The first kappa shape index (κ1) is 17.2. The maximum Gasteiger partial charge on any atom is 0.235 e. The highest BCUT2D eigenvalue weighted by Crippen LogP contribution is 2.26. The van der Waals surface area contributed by atoms with E-state index in [1.807, 2.05) is 0 Å². The maximum atomic E-state index is 11.8. The van der Waals surface area contributed by atoms with Crippen molar-refractivity contribution in [3.63, 3.8) is 0 Å². The second-order valence-corrected chi connectivity index (χ2v) is 6.18. The molecule has 0 fully saturated rings. The second kappa shape index (κ2) is 8.43. The lowest BCUT2D eigenvalue weighted by molar-refractivity contribution is 0.0785. The Labute approximate surface area is 123 Å². The van der Waals surface area contributed by atoms with Gasteiger partial charge in [-0.2, -0.15) is 0 Å². The number of aliphatic hydroxyl groups is 1. The Kier molecular flexibility index (Phi) is 7.25. The lowest BCUT2D eigenvalue weighted by Gasteiger charge is -2.11. The average molecular weight is 324 g/mol. The molecule has 1 aromatic rings. The van der Waals surface area contributed by atoms with E-state index in [1.165, 1.54) is 13.2 Å². The molecule has 0 radical (unpaired) electrons. The molecule has 20 heavy (non-hydrogen) atoms. The molecule has 0 spiro atoms. The topological polar surface area (TPSA) is 84.9 Å². The molecule has 0 aliphatic carbocycles. The Morgan fingerprint density at radius 3 is 2.70 bits per heavy atom. The number of hydrogen-bond donors (Lipinski definition) is 2.